The summed E-state index contributed by atoms with van der Waals surface area (Å²) in [6, 6.07) is 20.1. The van der Waals surface area contributed by atoms with Gasteiger partial charge in [-0.05, 0) is 74.4 Å². The lowest BCUT2D eigenvalue weighted by atomic mass is 10.1. The Labute approximate surface area is 183 Å². The number of hydrogen-bond acceptors (Lipinski definition) is 4. The molecule has 7 heteroatoms. The Bertz CT molecular complexity index is 1160. The lowest BCUT2D eigenvalue weighted by Gasteiger charge is -2.16. The summed E-state index contributed by atoms with van der Waals surface area (Å²) in [5, 5.41) is 2.87. The number of anilines is 1. The molecule has 0 fully saturated rings. The van der Waals surface area contributed by atoms with Gasteiger partial charge in [0.25, 0.3) is 15.9 Å². The van der Waals surface area contributed by atoms with E-state index in [0.717, 1.165) is 11.3 Å². The first-order chi connectivity index (χ1) is 14.7. The average molecular weight is 439 g/mol. The van der Waals surface area contributed by atoms with Crippen LogP contribution < -0.4 is 14.8 Å². The molecule has 0 spiro atoms. The average Bonchev–Trinajstić information content (AvgIpc) is 2.75. The van der Waals surface area contributed by atoms with Gasteiger partial charge in [-0.3, -0.25) is 9.52 Å². The summed E-state index contributed by atoms with van der Waals surface area (Å²) in [5.41, 5.74) is 3.00. The summed E-state index contributed by atoms with van der Waals surface area (Å²) >= 11 is 0. The molecule has 0 heterocycles. The molecule has 0 aliphatic rings. The van der Waals surface area contributed by atoms with E-state index >= 15 is 0 Å². The van der Waals surface area contributed by atoms with E-state index in [9.17, 15) is 13.2 Å². The second-order valence-electron chi connectivity index (χ2n) is 7.43. The van der Waals surface area contributed by atoms with E-state index in [1.165, 1.54) is 23.8 Å². The van der Waals surface area contributed by atoms with Crippen molar-refractivity contribution in [2.45, 2.75) is 31.7 Å². The third-order valence-electron chi connectivity index (χ3n) is 4.79. The van der Waals surface area contributed by atoms with Gasteiger partial charge >= 0.3 is 0 Å². The standard InChI is InChI=1S/C24H26N2O4S/c1-17-12-13-22(14-18(17)2)30-16-19(3)25-24(27)20-8-7-9-21(15-20)26-31(28,29)23-10-5-4-6-11-23/h4-15,19,26H,16H2,1-3H3,(H,25,27)/t19-/m0/s1. The number of aryl methyl sites for hydroxylation is 2. The summed E-state index contributed by atoms with van der Waals surface area (Å²) in [6.07, 6.45) is 0. The zero-order valence-corrected chi connectivity index (χ0v) is 18.6. The lowest BCUT2D eigenvalue weighted by Crippen LogP contribution is -2.36. The summed E-state index contributed by atoms with van der Waals surface area (Å²) in [6.45, 7) is 6.22. The summed E-state index contributed by atoms with van der Waals surface area (Å²) in [4.78, 5) is 12.8. The molecule has 0 aromatic heterocycles. The molecule has 31 heavy (non-hydrogen) atoms. The highest BCUT2D eigenvalue weighted by molar-refractivity contribution is 7.92. The molecule has 0 bridgehead atoms. The number of ether oxygens (including phenoxy) is 1. The minimum atomic E-state index is -3.73. The minimum absolute atomic E-state index is 0.155. The highest BCUT2D eigenvalue weighted by Crippen LogP contribution is 2.18. The number of carbonyl (C=O) groups excluding carboxylic acids is 1. The Morgan fingerprint density at radius 3 is 2.39 bits per heavy atom. The van der Waals surface area contributed by atoms with Crippen molar-refractivity contribution in [1.29, 1.82) is 0 Å². The van der Waals surface area contributed by atoms with E-state index in [0.29, 0.717) is 17.9 Å². The Morgan fingerprint density at radius 1 is 0.935 bits per heavy atom. The molecule has 1 atom stereocenters. The predicted molar refractivity (Wildman–Crippen MR) is 122 cm³/mol. The zero-order valence-electron chi connectivity index (χ0n) is 17.8. The molecule has 2 N–H and O–H groups in total. The maximum absolute atomic E-state index is 12.6. The van der Waals surface area contributed by atoms with Gasteiger partial charge in [0.2, 0.25) is 0 Å². The lowest BCUT2D eigenvalue weighted by molar-refractivity contribution is 0.0926. The number of sulfonamides is 1. The van der Waals surface area contributed by atoms with Gasteiger partial charge in [0.05, 0.1) is 10.9 Å². The fourth-order valence-electron chi connectivity index (χ4n) is 2.91. The van der Waals surface area contributed by atoms with Crippen molar-refractivity contribution < 1.29 is 17.9 Å². The largest absolute Gasteiger partial charge is 0.491 e. The summed E-state index contributed by atoms with van der Waals surface area (Å²) in [5.74, 6) is 0.443. The Kier molecular flexibility index (Phi) is 6.97. The fraction of sp³-hybridized carbons (Fsp3) is 0.208. The number of amides is 1. The first kappa shape index (κ1) is 22.4. The highest BCUT2D eigenvalue weighted by Gasteiger charge is 2.15. The molecule has 162 valence electrons. The van der Waals surface area contributed by atoms with Crippen LogP contribution in [0, 0.1) is 13.8 Å². The van der Waals surface area contributed by atoms with Crippen molar-refractivity contribution >= 4 is 21.6 Å². The van der Waals surface area contributed by atoms with Crippen LogP contribution >= 0.6 is 0 Å². The van der Waals surface area contributed by atoms with E-state index < -0.39 is 10.0 Å². The Hall–Kier alpha value is -3.32. The molecule has 3 aromatic carbocycles. The van der Waals surface area contributed by atoms with Gasteiger partial charge in [0.15, 0.2) is 0 Å². The maximum Gasteiger partial charge on any atom is 0.261 e. The van der Waals surface area contributed by atoms with Gasteiger partial charge < -0.3 is 10.1 Å². The van der Waals surface area contributed by atoms with E-state index in [-0.39, 0.29) is 16.8 Å². The van der Waals surface area contributed by atoms with Crippen LogP contribution in [-0.2, 0) is 10.0 Å². The zero-order chi connectivity index (χ0) is 22.4. The first-order valence-corrected chi connectivity index (χ1v) is 11.4. The van der Waals surface area contributed by atoms with Gasteiger partial charge in [-0.1, -0.05) is 30.3 Å². The second kappa shape index (κ2) is 9.66. The van der Waals surface area contributed by atoms with Gasteiger partial charge in [0.1, 0.15) is 12.4 Å². The van der Waals surface area contributed by atoms with E-state index in [1.54, 1.807) is 36.4 Å². The van der Waals surface area contributed by atoms with Crippen LogP contribution in [0.5, 0.6) is 5.75 Å². The van der Waals surface area contributed by atoms with Gasteiger partial charge in [-0.25, -0.2) is 8.42 Å². The van der Waals surface area contributed by atoms with E-state index in [4.69, 9.17) is 4.74 Å². The molecule has 0 aliphatic carbocycles. The van der Waals surface area contributed by atoms with Crippen LogP contribution in [0.3, 0.4) is 0 Å². The molecule has 0 saturated heterocycles. The molecular weight excluding hydrogens is 412 g/mol. The van der Waals surface area contributed by atoms with Gasteiger partial charge in [-0.15, -0.1) is 0 Å². The monoisotopic (exact) mass is 438 g/mol. The maximum atomic E-state index is 12.6. The Morgan fingerprint density at radius 2 is 1.68 bits per heavy atom. The van der Waals surface area contributed by atoms with Crippen molar-refractivity contribution in [1.82, 2.24) is 5.32 Å². The third-order valence-corrected chi connectivity index (χ3v) is 6.18. The summed E-state index contributed by atoms with van der Waals surface area (Å²) < 4.78 is 33.3. The van der Waals surface area contributed by atoms with Crippen molar-refractivity contribution in [2.24, 2.45) is 0 Å². The van der Waals surface area contributed by atoms with Crippen molar-refractivity contribution in [3.63, 3.8) is 0 Å². The normalized spacial score (nSPS) is 12.1. The van der Waals surface area contributed by atoms with Crippen molar-refractivity contribution in [3.05, 3.63) is 89.5 Å². The van der Waals surface area contributed by atoms with Crippen LogP contribution in [-0.4, -0.2) is 27.0 Å². The third kappa shape index (κ3) is 6.08. The topological polar surface area (TPSA) is 84.5 Å². The molecule has 0 aliphatic heterocycles. The van der Waals surface area contributed by atoms with Crippen LogP contribution in [0.15, 0.2) is 77.7 Å². The first-order valence-electron chi connectivity index (χ1n) is 9.93. The SMILES string of the molecule is Cc1ccc(OC[C@H](C)NC(=O)c2cccc(NS(=O)(=O)c3ccccc3)c2)cc1C. The number of carbonyl (C=O) groups is 1. The van der Waals surface area contributed by atoms with Crippen molar-refractivity contribution in [2.75, 3.05) is 11.3 Å². The van der Waals surface area contributed by atoms with Crippen LogP contribution in [0.25, 0.3) is 0 Å². The second-order valence-corrected chi connectivity index (χ2v) is 9.11. The number of benzene rings is 3. The molecule has 6 nitrogen and oxygen atoms in total. The fourth-order valence-corrected chi connectivity index (χ4v) is 3.98. The minimum Gasteiger partial charge on any atom is -0.491 e. The molecule has 3 aromatic rings. The quantitative estimate of drug-likeness (QED) is 0.549. The van der Waals surface area contributed by atoms with Crippen LogP contribution in [0.1, 0.15) is 28.4 Å². The van der Waals surface area contributed by atoms with Crippen LogP contribution in [0.4, 0.5) is 5.69 Å². The number of rotatable bonds is 8. The number of hydrogen-bond donors (Lipinski definition) is 2. The van der Waals surface area contributed by atoms with E-state index in [1.807, 2.05) is 39.0 Å². The molecule has 0 radical (unpaired) electrons. The highest BCUT2D eigenvalue weighted by atomic mass is 32.2. The molecule has 1 amide bonds. The van der Waals surface area contributed by atoms with Crippen LogP contribution in [0.2, 0.25) is 0 Å². The molecule has 0 saturated carbocycles. The van der Waals surface area contributed by atoms with Crippen molar-refractivity contribution in [3.8, 4) is 5.75 Å². The summed E-state index contributed by atoms with van der Waals surface area (Å²) in [7, 11) is -3.73. The van der Waals surface area contributed by atoms with Gasteiger partial charge in [0, 0.05) is 11.3 Å². The smallest absolute Gasteiger partial charge is 0.261 e. The molecular formula is C24H26N2O4S. The van der Waals surface area contributed by atoms with E-state index in [2.05, 4.69) is 10.0 Å². The predicted octanol–water partition coefficient (Wildman–Crippen LogP) is 4.30. The Balaban J connectivity index is 1.61. The molecule has 3 rings (SSSR count). The molecule has 0 unspecified atom stereocenters. The van der Waals surface area contributed by atoms with Gasteiger partial charge in [-0.2, -0.15) is 0 Å². The number of nitrogens with one attached hydrogen (secondary N) is 2.